The molecule has 0 aliphatic heterocycles. The van der Waals surface area contributed by atoms with Gasteiger partial charge in [0.05, 0.1) is 18.1 Å². The highest BCUT2D eigenvalue weighted by atomic mass is 16.4. The standard InChI is InChI=1S/C82H162O4/c1-5-7-9-11-13-15-17-19-21-23-24-25-26-32-38-44-50-56-62-68-74-79(82(85)86)81(84)76-70-64-58-52-46-40-34-28-30-36-42-48-54-60-66-72-77(3)71-65-59-53-47-41-35-29-27-33-39-45-51-57-63-69-75-80(83)78(4)73-67-61-55-49-43-37-31-22-20-18-16-14-12-10-8-6-2/h65,71,77-81,83-84H,5-64,66-70,72-76H2,1-4H3,(H,85,86)/t77-,78-,79+,80-,81+/m0/s1. The molecule has 0 fully saturated rings. The summed E-state index contributed by atoms with van der Waals surface area (Å²) in [5.74, 6) is -0.186. The molecule has 0 aliphatic carbocycles. The molecule has 86 heavy (non-hydrogen) atoms. The van der Waals surface area contributed by atoms with Crippen molar-refractivity contribution in [2.24, 2.45) is 17.8 Å². The van der Waals surface area contributed by atoms with Crippen LogP contribution >= 0.6 is 0 Å². The van der Waals surface area contributed by atoms with E-state index in [1.54, 1.807) is 0 Å². The SMILES string of the molecule is CCCCCCCCCCCCCCCCCCCCCC[C@@H](C(=O)O)[C@H](O)CCCCCCCCCCCCCCCCC[C@@H](C)C=CCCCCCCCCCCCCCCC[C@H](O)[C@@H](C)CCCCCCCCCCCCCCCCCC. The summed E-state index contributed by atoms with van der Waals surface area (Å²) in [5.41, 5.74) is 0. The number of aliphatic hydroxyl groups excluding tert-OH is 2. The van der Waals surface area contributed by atoms with Crippen LogP contribution in [0.5, 0.6) is 0 Å². The van der Waals surface area contributed by atoms with Crippen molar-refractivity contribution in [1.82, 2.24) is 0 Å². The Hall–Kier alpha value is -0.870. The highest BCUT2D eigenvalue weighted by Crippen LogP contribution is 2.24. The lowest BCUT2D eigenvalue weighted by Gasteiger charge is -2.19. The molecule has 0 amide bonds. The number of carboxylic acids is 1. The molecule has 5 atom stereocenters. The maximum atomic E-state index is 11.9. The second-order valence-corrected chi connectivity index (χ2v) is 29.1. The average Bonchev–Trinajstić information content (AvgIpc) is 3.51. The third kappa shape index (κ3) is 67.5. The molecule has 0 spiro atoms. The van der Waals surface area contributed by atoms with Crippen LogP contribution in [-0.2, 0) is 4.79 Å². The molecule has 4 nitrogen and oxygen atoms in total. The quantitative estimate of drug-likeness (QED) is 0.0419. The van der Waals surface area contributed by atoms with E-state index in [9.17, 15) is 20.1 Å². The second-order valence-electron chi connectivity index (χ2n) is 29.1. The molecule has 0 unspecified atom stereocenters. The van der Waals surface area contributed by atoms with Crippen LogP contribution < -0.4 is 0 Å². The van der Waals surface area contributed by atoms with E-state index in [-0.39, 0.29) is 6.10 Å². The third-order valence-corrected chi connectivity index (χ3v) is 20.3. The molecule has 0 rings (SSSR count). The first-order chi connectivity index (χ1) is 42.3. The molecule has 0 saturated carbocycles. The summed E-state index contributed by atoms with van der Waals surface area (Å²) in [6.07, 6.45) is 98.0. The molecule has 0 aromatic carbocycles. The molecule has 0 aliphatic rings. The van der Waals surface area contributed by atoms with E-state index < -0.39 is 18.0 Å². The van der Waals surface area contributed by atoms with Crippen molar-refractivity contribution in [1.29, 1.82) is 0 Å². The minimum absolute atomic E-state index is 0.0854. The van der Waals surface area contributed by atoms with Gasteiger partial charge in [-0.2, -0.15) is 0 Å². The highest BCUT2D eigenvalue weighted by Gasteiger charge is 2.25. The van der Waals surface area contributed by atoms with Crippen LogP contribution in [0.4, 0.5) is 0 Å². The molecule has 0 aromatic rings. The predicted molar refractivity (Wildman–Crippen MR) is 385 cm³/mol. The van der Waals surface area contributed by atoms with E-state index >= 15 is 0 Å². The largest absolute Gasteiger partial charge is 0.481 e. The fourth-order valence-corrected chi connectivity index (χ4v) is 13.9. The van der Waals surface area contributed by atoms with Crippen LogP contribution in [0.2, 0.25) is 0 Å². The van der Waals surface area contributed by atoms with Crippen molar-refractivity contribution >= 4 is 5.97 Å². The van der Waals surface area contributed by atoms with Gasteiger partial charge in [0.2, 0.25) is 0 Å². The van der Waals surface area contributed by atoms with Crippen LogP contribution in [0, 0.1) is 17.8 Å². The number of carbonyl (C=O) groups is 1. The normalized spacial score (nSPS) is 13.7. The van der Waals surface area contributed by atoms with Gasteiger partial charge in [0.15, 0.2) is 0 Å². The van der Waals surface area contributed by atoms with E-state index in [0.29, 0.717) is 18.8 Å². The fraction of sp³-hybridized carbons (Fsp3) is 0.963. The van der Waals surface area contributed by atoms with Crippen molar-refractivity contribution in [3.63, 3.8) is 0 Å². The highest BCUT2D eigenvalue weighted by molar-refractivity contribution is 5.70. The van der Waals surface area contributed by atoms with Gasteiger partial charge in [-0.3, -0.25) is 4.79 Å². The third-order valence-electron chi connectivity index (χ3n) is 20.3. The van der Waals surface area contributed by atoms with E-state index in [4.69, 9.17) is 0 Å². The molecule has 0 bridgehead atoms. The Morgan fingerprint density at radius 1 is 0.267 bits per heavy atom. The van der Waals surface area contributed by atoms with Crippen molar-refractivity contribution in [2.75, 3.05) is 0 Å². The van der Waals surface area contributed by atoms with Gasteiger partial charge >= 0.3 is 5.97 Å². The van der Waals surface area contributed by atoms with E-state index in [1.807, 2.05) is 0 Å². The number of hydrogen-bond donors (Lipinski definition) is 3. The Bertz CT molecular complexity index is 1280. The number of aliphatic hydroxyl groups is 2. The van der Waals surface area contributed by atoms with E-state index in [1.165, 1.54) is 405 Å². The van der Waals surface area contributed by atoms with E-state index in [2.05, 4.69) is 39.8 Å². The van der Waals surface area contributed by atoms with Crippen molar-refractivity contribution < 1.29 is 20.1 Å². The number of carboxylic acid groups (broad SMARTS) is 1. The maximum Gasteiger partial charge on any atom is 0.309 e. The summed E-state index contributed by atoms with van der Waals surface area (Å²) >= 11 is 0. The van der Waals surface area contributed by atoms with Gasteiger partial charge in [-0.15, -0.1) is 0 Å². The number of allylic oxidation sites excluding steroid dienone is 2. The van der Waals surface area contributed by atoms with Crippen molar-refractivity contribution in [2.45, 2.75) is 489 Å². The van der Waals surface area contributed by atoms with Gasteiger partial charge < -0.3 is 15.3 Å². The number of rotatable bonds is 76. The molecule has 4 heteroatoms. The number of unbranched alkanes of at least 4 members (excludes halogenated alkanes) is 61. The molecule has 0 aromatic heterocycles. The molecule has 0 radical (unpaired) electrons. The van der Waals surface area contributed by atoms with Gasteiger partial charge in [-0.1, -0.05) is 444 Å². The zero-order valence-corrected chi connectivity index (χ0v) is 59.8. The summed E-state index contributed by atoms with van der Waals surface area (Å²) in [6, 6.07) is 0. The van der Waals surface area contributed by atoms with Gasteiger partial charge in [-0.05, 0) is 56.8 Å². The van der Waals surface area contributed by atoms with Crippen LogP contribution in [0.1, 0.15) is 477 Å². The monoisotopic (exact) mass is 1210 g/mol. The van der Waals surface area contributed by atoms with Gasteiger partial charge in [0.25, 0.3) is 0 Å². The Kier molecular flexibility index (Phi) is 72.4. The fourth-order valence-electron chi connectivity index (χ4n) is 13.9. The van der Waals surface area contributed by atoms with Crippen LogP contribution in [0.25, 0.3) is 0 Å². The van der Waals surface area contributed by atoms with Crippen LogP contribution in [-0.4, -0.2) is 33.5 Å². The lowest BCUT2D eigenvalue weighted by atomic mass is 9.91. The molecular formula is C82H162O4. The zero-order chi connectivity index (χ0) is 62.4. The number of aliphatic carboxylic acids is 1. The minimum atomic E-state index is -0.803. The average molecular weight is 1210 g/mol. The lowest BCUT2D eigenvalue weighted by molar-refractivity contribution is -0.146. The summed E-state index contributed by atoms with van der Waals surface area (Å²) in [6.45, 7) is 9.30. The van der Waals surface area contributed by atoms with E-state index in [0.717, 1.165) is 38.0 Å². The van der Waals surface area contributed by atoms with Gasteiger partial charge in [0, 0.05) is 0 Å². The summed E-state index contributed by atoms with van der Waals surface area (Å²) in [7, 11) is 0. The van der Waals surface area contributed by atoms with Crippen LogP contribution in [0.3, 0.4) is 0 Å². The summed E-state index contributed by atoms with van der Waals surface area (Å²) in [5, 5.41) is 31.3. The van der Waals surface area contributed by atoms with Gasteiger partial charge in [-0.25, -0.2) is 0 Å². The van der Waals surface area contributed by atoms with Gasteiger partial charge in [0.1, 0.15) is 0 Å². The Morgan fingerprint density at radius 3 is 0.744 bits per heavy atom. The number of hydrogen-bond acceptors (Lipinski definition) is 3. The van der Waals surface area contributed by atoms with Crippen molar-refractivity contribution in [3.05, 3.63) is 12.2 Å². The first kappa shape index (κ1) is 85.1. The summed E-state index contributed by atoms with van der Waals surface area (Å²) in [4.78, 5) is 11.9. The molecular weight excluding hydrogens is 1050 g/mol. The maximum absolute atomic E-state index is 11.9. The molecule has 3 N–H and O–H groups in total. The predicted octanol–water partition coefficient (Wildman–Crippen LogP) is 28.6. The first-order valence-corrected chi connectivity index (χ1v) is 40.6. The molecule has 0 saturated heterocycles. The minimum Gasteiger partial charge on any atom is -0.481 e. The molecule has 514 valence electrons. The second kappa shape index (κ2) is 73.2. The lowest BCUT2D eigenvalue weighted by Crippen LogP contribution is -2.28. The first-order valence-electron chi connectivity index (χ1n) is 40.6. The topological polar surface area (TPSA) is 77.8 Å². The smallest absolute Gasteiger partial charge is 0.309 e. The Balaban J connectivity index is 3.44. The van der Waals surface area contributed by atoms with Crippen molar-refractivity contribution in [3.8, 4) is 0 Å². The van der Waals surface area contributed by atoms with Crippen LogP contribution in [0.15, 0.2) is 12.2 Å². The zero-order valence-electron chi connectivity index (χ0n) is 59.8. The Morgan fingerprint density at radius 2 is 0.477 bits per heavy atom. The Labute approximate surface area is 542 Å². The summed E-state index contributed by atoms with van der Waals surface area (Å²) < 4.78 is 0. The molecule has 0 heterocycles.